The van der Waals surface area contributed by atoms with Crippen LogP contribution in [0.2, 0.25) is 0 Å². The molecule has 2 rings (SSSR count). The van der Waals surface area contributed by atoms with Crippen molar-refractivity contribution < 1.29 is 29.4 Å². The predicted molar refractivity (Wildman–Crippen MR) is 105 cm³/mol. The van der Waals surface area contributed by atoms with Gasteiger partial charge < -0.3 is 19.6 Å². The van der Waals surface area contributed by atoms with E-state index in [4.69, 9.17) is 4.74 Å². The van der Waals surface area contributed by atoms with Gasteiger partial charge in [-0.1, -0.05) is 24.3 Å². The highest BCUT2D eigenvalue weighted by molar-refractivity contribution is 5.87. The topological polar surface area (TPSA) is 119 Å². The number of carboxylic acids is 1. The number of nitrogens with zero attached hydrogens (tertiary/aromatic N) is 2. The van der Waals surface area contributed by atoms with Gasteiger partial charge in [0.25, 0.3) is 5.09 Å². The van der Waals surface area contributed by atoms with Crippen LogP contribution in [0.4, 0.5) is 0 Å². The smallest absolute Gasteiger partial charge is 0.310 e. The Hall–Kier alpha value is -3.36. The van der Waals surface area contributed by atoms with Crippen LogP contribution in [-0.4, -0.2) is 54.3 Å². The van der Waals surface area contributed by atoms with Crippen LogP contribution in [0.1, 0.15) is 30.7 Å². The van der Waals surface area contributed by atoms with E-state index >= 15 is 0 Å². The Morgan fingerprint density at radius 3 is 2.55 bits per heavy atom. The van der Waals surface area contributed by atoms with Gasteiger partial charge in [0.05, 0.1) is 19.6 Å². The molecule has 2 aromatic rings. The molecular formula is C20H24N2O7. The van der Waals surface area contributed by atoms with E-state index in [0.717, 1.165) is 16.5 Å². The molecule has 2 aromatic carbocycles. The number of carbonyl (C=O) groups is 2. The van der Waals surface area contributed by atoms with Crippen molar-refractivity contribution in [2.45, 2.75) is 25.2 Å². The third-order valence-electron chi connectivity index (χ3n) is 4.68. The summed E-state index contributed by atoms with van der Waals surface area (Å²) in [6.45, 7) is 0.201. The number of carboxylic acid groups (broad SMARTS) is 1. The Morgan fingerprint density at radius 2 is 1.90 bits per heavy atom. The molecule has 0 bridgehead atoms. The number of methoxy groups -OCH3 is 1. The third-order valence-corrected chi connectivity index (χ3v) is 4.68. The average molecular weight is 404 g/mol. The summed E-state index contributed by atoms with van der Waals surface area (Å²) in [6, 6.07) is 11.0. The van der Waals surface area contributed by atoms with Crippen LogP contribution in [0.25, 0.3) is 10.8 Å². The number of amides is 1. The van der Waals surface area contributed by atoms with E-state index in [1.165, 1.54) is 4.90 Å². The lowest BCUT2D eigenvalue weighted by molar-refractivity contribution is -0.757. The molecule has 0 saturated heterocycles. The highest BCUT2D eigenvalue weighted by Gasteiger charge is 2.22. The van der Waals surface area contributed by atoms with Gasteiger partial charge in [0, 0.05) is 20.0 Å². The molecule has 0 radical (unpaired) electrons. The summed E-state index contributed by atoms with van der Waals surface area (Å²) in [5, 5.41) is 20.7. The maximum Gasteiger partial charge on any atom is 0.310 e. The number of ether oxygens (including phenoxy) is 1. The standard InChI is InChI=1S/C20H24N2O7/c1-21(10-3-11-29-22(26)27)19(23)9-8-18(20(24)25)16-5-4-15-13-17(28-2)7-6-14(15)12-16/h4-7,12-13,18H,3,8-11H2,1-2H3,(H,24,25)/t18-/m0/s1. The molecule has 9 nitrogen and oxygen atoms in total. The fourth-order valence-electron chi connectivity index (χ4n) is 3.04. The fourth-order valence-corrected chi connectivity index (χ4v) is 3.04. The molecule has 0 saturated carbocycles. The maximum absolute atomic E-state index is 12.3. The van der Waals surface area contributed by atoms with Gasteiger partial charge in [-0.05, 0) is 41.3 Å². The molecule has 0 aliphatic carbocycles. The Morgan fingerprint density at radius 1 is 1.21 bits per heavy atom. The van der Waals surface area contributed by atoms with E-state index in [-0.39, 0.29) is 25.4 Å². The number of fused-ring (bicyclic) bond motifs is 1. The van der Waals surface area contributed by atoms with E-state index in [9.17, 15) is 24.8 Å². The minimum atomic E-state index is -0.993. The van der Waals surface area contributed by atoms with Crippen molar-refractivity contribution in [3.63, 3.8) is 0 Å². The number of aliphatic carboxylic acids is 1. The van der Waals surface area contributed by atoms with Crippen molar-refractivity contribution in [3.8, 4) is 5.75 Å². The molecule has 0 aromatic heterocycles. The maximum atomic E-state index is 12.3. The summed E-state index contributed by atoms with van der Waals surface area (Å²) in [7, 11) is 3.16. The monoisotopic (exact) mass is 404 g/mol. The normalized spacial score (nSPS) is 11.7. The zero-order chi connectivity index (χ0) is 21.4. The minimum Gasteiger partial charge on any atom is -0.497 e. The number of benzene rings is 2. The van der Waals surface area contributed by atoms with Crippen LogP contribution in [0.5, 0.6) is 5.75 Å². The van der Waals surface area contributed by atoms with Gasteiger partial charge in [-0.2, -0.15) is 0 Å². The zero-order valence-electron chi connectivity index (χ0n) is 16.4. The van der Waals surface area contributed by atoms with E-state index < -0.39 is 17.0 Å². The molecule has 0 aliphatic rings. The Balaban J connectivity index is 1.99. The molecule has 0 spiro atoms. The molecular weight excluding hydrogens is 380 g/mol. The summed E-state index contributed by atoms with van der Waals surface area (Å²) in [5.41, 5.74) is 0.630. The SMILES string of the molecule is COc1ccc2cc([C@H](CCC(=O)N(C)CCCO[N+](=O)[O-])C(=O)O)ccc2c1. The number of hydrogen-bond donors (Lipinski definition) is 1. The van der Waals surface area contributed by atoms with Gasteiger partial charge in [-0.25, -0.2) is 0 Å². The average Bonchev–Trinajstić information content (AvgIpc) is 2.70. The second-order valence-electron chi connectivity index (χ2n) is 6.63. The Labute approximate surface area is 167 Å². The van der Waals surface area contributed by atoms with E-state index in [0.29, 0.717) is 18.5 Å². The van der Waals surface area contributed by atoms with Gasteiger partial charge in [-0.3, -0.25) is 9.59 Å². The molecule has 0 fully saturated rings. The quantitative estimate of drug-likeness (QED) is 0.347. The van der Waals surface area contributed by atoms with Crippen LogP contribution in [0.15, 0.2) is 36.4 Å². The second-order valence-corrected chi connectivity index (χ2v) is 6.63. The fraction of sp³-hybridized carbons (Fsp3) is 0.400. The predicted octanol–water partition coefficient (Wildman–Crippen LogP) is 2.85. The highest BCUT2D eigenvalue weighted by Crippen LogP contribution is 2.28. The highest BCUT2D eigenvalue weighted by atomic mass is 16.9. The number of hydrogen-bond acceptors (Lipinski definition) is 6. The van der Waals surface area contributed by atoms with Crippen molar-refractivity contribution in [1.82, 2.24) is 4.90 Å². The molecule has 29 heavy (non-hydrogen) atoms. The summed E-state index contributed by atoms with van der Waals surface area (Å²) in [6.07, 6.45) is 0.537. The van der Waals surface area contributed by atoms with Crippen LogP contribution in [-0.2, 0) is 14.4 Å². The third kappa shape index (κ3) is 6.34. The first-order valence-corrected chi connectivity index (χ1v) is 9.13. The van der Waals surface area contributed by atoms with Crippen LogP contribution >= 0.6 is 0 Å². The zero-order valence-corrected chi connectivity index (χ0v) is 16.4. The molecule has 0 aliphatic heterocycles. The summed E-state index contributed by atoms with van der Waals surface area (Å²) in [4.78, 5) is 39.8. The number of carbonyl (C=O) groups excluding carboxylic acids is 1. The van der Waals surface area contributed by atoms with Crippen LogP contribution < -0.4 is 4.74 Å². The van der Waals surface area contributed by atoms with E-state index in [1.807, 2.05) is 30.3 Å². The summed E-state index contributed by atoms with van der Waals surface area (Å²) < 4.78 is 5.19. The van der Waals surface area contributed by atoms with E-state index in [1.54, 1.807) is 20.2 Å². The lowest BCUT2D eigenvalue weighted by atomic mass is 9.92. The summed E-state index contributed by atoms with van der Waals surface area (Å²) >= 11 is 0. The first-order valence-electron chi connectivity index (χ1n) is 9.13. The largest absolute Gasteiger partial charge is 0.497 e. The van der Waals surface area contributed by atoms with Gasteiger partial charge in [0.2, 0.25) is 5.91 Å². The molecule has 0 heterocycles. The first-order chi connectivity index (χ1) is 13.8. The van der Waals surface area contributed by atoms with Crippen molar-refractivity contribution in [2.24, 2.45) is 0 Å². The van der Waals surface area contributed by atoms with Crippen molar-refractivity contribution in [3.05, 3.63) is 52.1 Å². The van der Waals surface area contributed by atoms with Gasteiger partial charge in [0.1, 0.15) is 5.75 Å². The summed E-state index contributed by atoms with van der Waals surface area (Å²) in [5.74, 6) is -1.30. The Kier molecular flexibility index (Phi) is 7.76. The molecule has 9 heteroatoms. The molecule has 0 unspecified atom stereocenters. The van der Waals surface area contributed by atoms with Gasteiger partial charge >= 0.3 is 5.97 Å². The first kappa shape index (κ1) is 21.9. The van der Waals surface area contributed by atoms with Crippen molar-refractivity contribution >= 4 is 22.6 Å². The lowest BCUT2D eigenvalue weighted by Crippen LogP contribution is -2.29. The lowest BCUT2D eigenvalue weighted by Gasteiger charge is -2.19. The minimum absolute atomic E-state index is 0.0597. The van der Waals surface area contributed by atoms with Crippen LogP contribution in [0.3, 0.4) is 0 Å². The van der Waals surface area contributed by atoms with Crippen LogP contribution in [0, 0.1) is 10.1 Å². The molecule has 1 amide bonds. The van der Waals surface area contributed by atoms with Gasteiger partial charge in [-0.15, -0.1) is 10.1 Å². The van der Waals surface area contributed by atoms with Crippen molar-refractivity contribution in [1.29, 1.82) is 0 Å². The molecule has 156 valence electrons. The number of rotatable bonds is 11. The second kappa shape index (κ2) is 10.3. The van der Waals surface area contributed by atoms with Gasteiger partial charge in [0.15, 0.2) is 0 Å². The van der Waals surface area contributed by atoms with Crippen molar-refractivity contribution in [2.75, 3.05) is 27.3 Å². The van der Waals surface area contributed by atoms with E-state index in [2.05, 4.69) is 4.84 Å². The molecule has 1 N–H and O–H groups in total. The molecule has 1 atom stereocenters. The Bertz CT molecular complexity index is 884.